The second-order valence-corrected chi connectivity index (χ2v) is 8.40. The number of hydrogen-bond acceptors (Lipinski definition) is 10. The van der Waals surface area contributed by atoms with Gasteiger partial charge in [0.05, 0.1) is 31.7 Å². The van der Waals surface area contributed by atoms with Gasteiger partial charge >= 0.3 is 17.9 Å². The summed E-state index contributed by atoms with van der Waals surface area (Å²) < 4.78 is 25.4. The van der Waals surface area contributed by atoms with Gasteiger partial charge in [0.25, 0.3) is 0 Å². The number of aliphatic hydroxyl groups excluding tert-OH is 1. The topological polar surface area (TPSA) is 118 Å². The summed E-state index contributed by atoms with van der Waals surface area (Å²) in [5, 5.41) is 9.75. The lowest BCUT2D eigenvalue weighted by molar-refractivity contribution is -0.148. The molecule has 0 aliphatic rings. The van der Waals surface area contributed by atoms with Gasteiger partial charge in [0.1, 0.15) is 13.2 Å². The van der Waals surface area contributed by atoms with Gasteiger partial charge in [-0.3, -0.25) is 9.59 Å². The van der Waals surface area contributed by atoms with E-state index in [0.29, 0.717) is 31.3 Å². The normalized spacial score (nSPS) is 12.6. The zero-order valence-electron chi connectivity index (χ0n) is 19.5. The highest BCUT2D eigenvalue weighted by molar-refractivity contribution is 7.99. The van der Waals surface area contributed by atoms with E-state index in [4.69, 9.17) is 23.7 Å². The highest BCUT2D eigenvalue weighted by atomic mass is 32.2. The van der Waals surface area contributed by atoms with Crippen molar-refractivity contribution in [1.29, 1.82) is 0 Å². The molecule has 0 aliphatic heterocycles. The summed E-state index contributed by atoms with van der Waals surface area (Å²) in [4.78, 5) is 34.9. The number of aliphatic hydroxyl groups is 1. The number of rotatable bonds is 20. The van der Waals surface area contributed by atoms with Crippen LogP contribution in [0.3, 0.4) is 0 Å². The van der Waals surface area contributed by atoms with Crippen LogP contribution in [0.15, 0.2) is 12.2 Å². The minimum absolute atomic E-state index is 0.0226. The number of methoxy groups -OCH3 is 1. The third kappa shape index (κ3) is 18.0. The molecule has 186 valence electrons. The van der Waals surface area contributed by atoms with Crippen molar-refractivity contribution in [3.63, 3.8) is 0 Å². The van der Waals surface area contributed by atoms with Crippen molar-refractivity contribution >= 4 is 29.7 Å². The molecule has 0 heterocycles. The molecule has 0 radical (unpaired) electrons. The standard InChI is InChI=1S/C22H38O9S/c1-17(2)21(25)29-11-7-19(23)15-31-20(24)8-14-32-16-18(3)22(26)30-13-12-28-10-6-5-9-27-4/h18-19,23H,1,5-16H2,2-4H3. The first-order chi connectivity index (χ1) is 15.3. The maximum absolute atomic E-state index is 11.9. The highest BCUT2D eigenvalue weighted by Gasteiger charge is 2.15. The Morgan fingerprint density at radius 2 is 1.72 bits per heavy atom. The number of unbranched alkanes of at least 4 members (excludes halogenated alkanes) is 1. The Kier molecular flexibility index (Phi) is 19.0. The van der Waals surface area contributed by atoms with Crippen molar-refractivity contribution in [3.8, 4) is 0 Å². The zero-order valence-corrected chi connectivity index (χ0v) is 20.3. The molecular weight excluding hydrogens is 440 g/mol. The van der Waals surface area contributed by atoms with Crippen LogP contribution in [0.4, 0.5) is 0 Å². The number of thioether (sulfide) groups is 1. The molecule has 9 nitrogen and oxygen atoms in total. The minimum Gasteiger partial charge on any atom is -0.463 e. The van der Waals surface area contributed by atoms with E-state index in [1.165, 1.54) is 18.7 Å². The summed E-state index contributed by atoms with van der Waals surface area (Å²) in [7, 11) is 1.66. The summed E-state index contributed by atoms with van der Waals surface area (Å²) in [6.45, 7) is 8.54. The molecule has 0 saturated carbocycles. The van der Waals surface area contributed by atoms with Gasteiger partial charge < -0.3 is 28.8 Å². The fraction of sp³-hybridized carbons (Fsp3) is 0.773. The van der Waals surface area contributed by atoms with Gasteiger partial charge in [-0.1, -0.05) is 13.5 Å². The molecule has 10 heteroatoms. The molecule has 0 rings (SSSR count). The van der Waals surface area contributed by atoms with Crippen LogP contribution in [0.25, 0.3) is 0 Å². The first-order valence-corrected chi connectivity index (χ1v) is 11.9. The second kappa shape index (κ2) is 20.0. The quantitative estimate of drug-likeness (QED) is 0.121. The average Bonchev–Trinajstić information content (AvgIpc) is 2.76. The fourth-order valence-corrected chi connectivity index (χ4v) is 3.10. The van der Waals surface area contributed by atoms with Crippen molar-refractivity contribution in [3.05, 3.63) is 12.2 Å². The second-order valence-electron chi connectivity index (χ2n) is 7.25. The van der Waals surface area contributed by atoms with E-state index in [2.05, 4.69) is 6.58 Å². The van der Waals surface area contributed by atoms with Crippen LogP contribution >= 0.6 is 11.8 Å². The first-order valence-electron chi connectivity index (χ1n) is 10.7. The summed E-state index contributed by atoms with van der Waals surface area (Å²) in [6, 6.07) is 0. The van der Waals surface area contributed by atoms with Gasteiger partial charge in [-0.15, -0.1) is 0 Å². The monoisotopic (exact) mass is 478 g/mol. The molecule has 0 aromatic carbocycles. The SMILES string of the molecule is C=C(C)C(=O)OCCC(O)COC(=O)CCSCC(C)C(=O)OCCOCCCCOC. The number of carbonyl (C=O) groups is 3. The molecule has 0 spiro atoms. The predicted octanol–water partition coefficient (Wildman–Crippen LogP) is 2.15. The lowest BCUT2D eigenvalue weighted by Crippen LogP contribution is -2.22. The van der Waals surface area contributed by atoms with Crippen LogP contribution in [0.5, 0.6) is 0 Å². The summed E-state index contributed by atoms with van der Waals surface area (Å²) >= 11 is 1.45. The van der Waals surface area contributed by atoms with E-state index in [0.717, 1.165) is 12.8 Å². The van der Waals surface area contributed by atoms with Crippen molar-refractivity contribution in [1.82, 2.24) is 0 Å². The van der Waals surface area contributed by atoms with Gasteiger partial charge in [0.15, 0.2) is 0 Å². The van der Waals surface area contributed by atoms with E-state index in [1.54, 1.807) is 14.0 Å². The molecule has 2 unspecified atom stereocenters. The van der Waals surface area contributed by atoms with Crippen LogP contribution in [0, 0.1) is 5.92 Å². The number of esters is 3. The lowest BCUT2D eigenvalue weighted by atomic mass is 10.2. The van der Waals surface area contributed by atoms with Crippen LogP contribution in [0.2, 0.25) is 0 Å². The Morgan fingerprint density at radius 3 is 2.41 bits per heavy atom. The predicted molar refractivity (Wildman–Crippen MR) is 121 cm³/mol. The summed E-state index contributed by atoms with van der Waals surface area (Å²) in [5.41, 5.74) is 0.282. The van der Waals surface area contributed by atoms with Crippen LogP contribution in [-0.4, -0.2) is 87.4 Å². The van der Waals surface area contributed by atoms with Crippen molar-refractivity contribution in [2.24, 2.45) is 5.92 Å². The van der Waals surface area contributed by atoms with E-state index in [-0.39, 0.29) is 50.1 Å². The molecule has 0 fully saturated rings. The smallest absolute Gasteiger partial charge is 0.333 e. The largest absolute Gasteiger partial charge is 0.463 e. The zero-order chi connectivity index (χ0) is 24.2. The van der Waals surface area contributed by atoms with Crippen LogP contribution in [-0.2, 0) is 38.1 Å². The third-order valence-corrected chi connectivity index (χ3v) is 5.28. The van der Waals surface area contributed by atoms with Crippen molar-refractivity contribution in [2.75, 3.05) is 58.3 Å². The van der Waals surface area contributed by atoms with Crippen molar-refractivity contribution in [2.45, 2.75) is 45.6 Å². The molecule has 0 aromatic rings. The van der Waals surface area contributed by atoms with E-state index in [9.17, 15) is 19.5 Å². The average molecular weight is 479 g/mol. The van der Waals surface area contributed by atoms with Crippen molar-refractivity contribution < 1.29 is 43.2 Å². The highest BCUT2D eigenvalue weighted by Crippen LogP contribution is 2.12. The van der Waals surface area contributed by atoms with Gasteiger partial charge in [-0.05, 0) is 19.8 Å². The molecule has 0 aromatic heterocycles. The Morgan fingerprint density at radius 1 is 1.00 bits per heavy atom. The molecule has 0 aliphatic carbocycles. The molecule has 0 bridgehead atoms. The maximum Gasteiger partial charge on any atom is 0.333 e. The van der Waals surface area contributed by atoms with Crippen LogP contribution in [0.1, 0.15) is 39.5 Å². The molecule has 1 N–H and O–H groups in total. The number of carbonyl (C=O) groups excluding carboxylic acids is 3. The Labute approximate surface area is 195 Å². The summed E-state index contributed by atoms with van der Waals surface area (Å²) in [6.07, 6.45) is 1.26. The number of ether oxygens (including phenoxy) is 5. The molecule has 0 amide bonds. The maximum atomic E-state index is 11.9. The van der Waals surface area contributed by atoms with Gasteiger partial charge in [0, 0.05) is 43.8 Å². The van der Waals surface area contributed by atoms with Gasteiger partial charge in [-0.2, -0.15) is 11.8 Å². The Hall–Kier alpha value is -1.62. The number of hydrogen-bond donors (Lipinski definition) is 1. The van der Waals surface area contributed by atoms with E-state index >= 15 is 0 Å². The summed E-state index contributed by atoms with van der Waals surface area (Å²) in [5.74, 6) is -0.520. The van der Waals surface area contributed by atoms with Gasteiger partial charge in [0.2, 0.25) is 0 Å². The van der Waals surface area contributed by atoms with Crippen LogP contribution < -0.4 is 0 Å². The first kappa shape index (κ1) is 30.4. The molecule has 32 heavy (non-hydrogen) atoms. The molecule has 0 saturated heterocycles. The van der Waals surface area contributed by atoms with E-state index in [1.807, 2.05) is 0 Å². The molecular formula is C22H38O9S. The Balaban J connectivity index is 3.67. The Bertz CT molecular complexity index is 554. The molecule has 2 atom stereocenters. The fourth-order valence-electron chi connectivity index (χ4n) is 2.14. The lowest BCUT2D eigenvalue weighted by Gasteiger charge is -2.12. The van der Waals surface area contributed by atoms with E-state index < -0.39 is 18.0 Å². The third-order valence-electron chi connectivity index (χ3n) is 4.05. The van der Waals surface area contributed by atoms with Gasteiger partial charge in [-0.25, -0.2) is 4.79 Å². The minimum atomic E-state index is -0.909.